The monoisotopic (exact) mass is 383 g/mol. The van der Waals surface area contributed by atoms with Crippen molar-refractivity contribution in [1.29, 1.82) is 0 Å². The highest BCUT2D eigenvalue weighted by molar-refractivity contribution is 5.92. The van der Waals surface area contributed by atoms with E-state index >= 15 is 0 Å². The van der Waals surface area contributed by atoms with Crippen molar-refractivity contribution < 1.29 is 14.0 Å². The van der Waals surface area contributed by atoms with E-state index in [-0.39, 0.29) is 17.6 Å². The number of hydrogen-bond donors (Lipinski definition) is 1. The molecule has 0 unspecified atom stereocenters. The third-order valence-corrected chi connectivity index (χ3v) is 5.45. The van der Waals surface area contributed by atoms with Crippen LogP contribution in [0.4, 0.5) is 4.39 Å². The Morgan fingerprint density at radius 2 is 1.82 bits per heavy atom. The maximum Gasteiger partial charge on any atom is 0.269 e. The van der Waals surface area contributed by atoms with E-state index in [0.29, 0.717) is 31.2 Å². The first-order valence-electron chi connectivity index (χ1n) is 9.62. The van der Waals surface area contributed by atoms with Crippen LogP contribution >= 0.6 is 0 Å². The summed E-state index contributed by atoms with van der Waals surface area (Å²) in [5.41, 5.74) is 0.521. The molecule has 3 rings (SSSR count). The number of nitrogens with one attached hydrogen (secondary N) is 1. The standard InChI is InChI=1S/C22H26FN3O2/c1-22(2,17-6-8-18(23)9-7-17)21(28)26-13-10-16(11-14-26)15-25-20(27)19-5-3-4-12-24-19/h3-9,12,16H,10-11,13-15H2,1-2H3,(H,25,27). The summed E-state index contributed by atoms with van der Waals surface area (Å²) >= 11 is 0. The van der Waals surface area contributed by atoms with Crippen LogP contribution in [0.15, 0.2) is 48.7 Å². The minimum atomic E-state index is -0.701. The largest absolute Gasteiger partial charge is 0.350 e. The summed E-state index contributed by atoms with van der Waals surface area (Å²) in [6.07, 6.45) is 3.28. The Kier molecular flexibility index (Phi) is 6.07. The number of pyridine rings is 1. The van der Waals surface area contributed by atoms with E-state index in [4.69, 9.17) is 0 Å². The molecule has 28 heavy (non-hydrogen) atoms. The van der Waals surface area contributed by atoms with Gasteiger partial charge in [-0.2, -0.15) is 0 Å². The molecule has 1 saturated heterocycles. The Balaban J connectivity index is 1.51. The van der Waals surface area contributed by atoms with Gasteiger partial charge in [0.2, 0.25) is 5.91 Å². The highest BCUT2D eigenvalue weighted by Gasteiger charge is 2.35. The molecule has 2 aromatic rings. The molecule has 0 bridgehead atoms. The van der Waals surface area contributed by atoms with Gasteiger partial charge in [0, 0.05) is 25.8 Å². The number of amides is 2. The first-order chi connectivity index (χ1) is 13.4. The van der Waals surface area contributed by atoms with E-state index in [1.807, 2.05) is 18.7 Å². The second kappa shape index (κ2) is 8.50. The second-order valence-corrected chi connectivity index (χ2v) is 7.79. The molecule has 1 N–H and O–H groups in total. The van der Waals surface area contributed by atoms with E-state index in [9.17, 15) is 14.0 Å². The van der Waals surface area contributed by atoms with Gasteiger partial charge in [0.15, 0.2) is 0 Å². The van der Waals surface area contributed by atoms with E-state index in [1.54, 1.807) is 36.5 Å². The Morgan fingerprint density at radius 3 is 2.43 bits per heavy atom. The number of piperidine rings is 1. The molecular formula is C22H26FN3O2. The zero-order valence-corrected chi connectivity index (χ0v) is 16.3. The lowest BCUT2D eigenvalue weighted by atomic mass is 9.82. The van der Waals surface area contributed by atoms with Gasteiger partial charge in [-0.1, -0.05) is 18.2 Å². The first kappa shape index (κ1) is 20.0. The Bertz CT molecular complexity index is 813. The molecule has 2 amide bonds. The summed E-state index contributed by atoms with van der Waals surface area (Å²) in [7, 11) is 0. The maximum atomic E-state index is 13.2. The summed E-state index contributed by atoms with van der Waals surface area (Å²) in [6.45, 7) is 5.66. The molecular weight excluding hydrogens is 357 g/mol. The smallest absolute Gasteiger partial charge is 0.269 e. The predicted octanol–water partition coefficient (Wildman–Crippen LogP) is 3.17. The quantitative estimate of drug-likeness (QED) is 0.863. The minimum Gasteiger partial charge on any atom is -0.350 e. The lowest BCUT2D eigenvalue weighted by Gasteiger charge is -2.37. The lowest BCUT2D eigenvalue weighted by molar-refractivity contribution is -0.137. The average Bonchev–Trinajstić information content (AvgIpc) is 2.73. The minimum absolute atomic E-state index is 0.0510. The van der Waals surface area contributed by atoms with Crippen LogP contribution < -0.4 is 5.32 Å². The number of nitrogens with zero attached hydrogens (tertiary/aromatic N) is 2. The third-order valence-electron chi connectivity index (χ3n) is 5.45. The Morgan fingerprint density at radius 1 is 1.14 bits per heavy atom. The van der Waals surface area contributed by atoms with E-state index in [1.165, 1.54) is 12.1 Å². The molecule has 0 aliphatic carbocycles. The van der Waals surface area contributed by atoms with Crippen molar-refractivity contribution in [1.82, 2.24) is 15.2 Å². The van der Waals surface area contributed by atoms with Gasteiger partial charge in [-0.25, -0.2) is 4.39 Å². The summed E-state index contributed by atoms with van der Waals surface area (Å²) < 4.78 is 13.2. The van der Waals surface area contributed by atoms with Gasteiger partial charge in [-0.15, -0.1) is 0 Å². The number of aromatic nitrogens is 1. The van der Waals surface area contributed by atoms with Crippen molar-refractivity contribution in [3.05, 3.63) is 65.7 Å². The molecule has 5 nitrogen and oxygen atoms in total. The van der Waals surface area contributed by atoms with Gasteiger partial charge in [-0.05, 0) is 62.4 Å². The topological polar surface area (TPSA) is 62.3 Å². The van der Waals surface area contributed by atoms with Gasteiger partial charge in [0.05, 0.1) is 5.41 Å². The van der Waals surface area contributed by atoms with Crippen LogP contribution in [0.1, 0.15) is 42.7 Å². The average molecular weight is 383 g/mol. The molecule has 1 aliphatic heterocycles. The molecule has 148 valence electrons. The number of likely N-dealkylation sites (tertiary alicyclic amines) is 1. The Labute approximate surface area is 165 Å². The number of rotatable bonds is 5. The van der Waals surface area contributed by atoms with Gasteiger partial charge >= 0.3 is 0 Å². The highest BCUT2D eigenvalue weighted by atomic mass is 19.1. The first-order valence-corrected chi connectivity index (χ1v) is 9.62. The number of halogens is 1. The van der Waals surface area contributed by atoms with Crippen LogP contribution in [0, 0.1) is 11.7 Å². The number of carbonyl (C=O) groups is 2. The highest BCUT2D eigenvalue weighted by Crippen LogP contribution is 2.28. The number of hydrogen-bond acceptors (Lipinski definition) is 3. The summed E-state index contributed by atoms with van der Waals surface area (Å²) in [5.74, 6) is -0.0853. The van der Waals surface area contributed by atoms with Gasteiger partial charge in [0.1, 0.15) is 11.5 Å². The van der Waals surface area contributed by atoms with E-state index in [2.05, 4.69) is 10.3 Å². The number of carbonyl (C=O) groups excluding carboxylic acids is 2. The van der Waals surface area contributed by atoms with Crippen molar-refractivity contribution in [2.75, 3.05) is 19.6 Å². The zero-order valence-electron chi connectivity index (χ0n) is 16.3. The molecule has 1 aromatic heterocycles. The van der Waals surface area contributed by atoms with Gasteiger partial charge < -0.3 is 10.2 Å². The Hall–Kier alpha value is -2.76. The molecule has 1 fully saturated rings. The molecule has 6 heteroatoms. The fourth-order valence-corrected chi connectivity index (χ4v) is 3.55. The van der Waals surface area contributed by atoms with Crippen molar-refractivity contribution in [2.24, 2.45) is 5.92 Å². The zero-order chi connectivity index (χ0) is 20.1. The van der Waals surface area contributed by atoms with Crippen molar-refractivity contribution in [3.8, 4) is 0 Å². The van der Waals surface area contributed by atoms with Crippen molar-refractivity contribution in [2.45, 2.75) is 32.1 Å². The van der Waals surface area contributed by atoms with Crippen molar-refractivity contribution >= 4 is 11.8 Å². The normalized spacial score (nSPS) is 15.3. The fourth-order valence-electron chi connectivity index (χ4n) is 3.55. The number of benzene rings is 1. The second-order valence-electron chi connectivity index (χ2n) is 7.79. The van der Waals surface area contributed by atoms with Crippen LogP contribution in [0.2, 0.25) is 0 Å². The predicted molar refractivity (Wildman–Crippen MR) is 105 cm³/mol. The van der Waals surface area contributed by atoms with Crippen LogP contribution in [0.25, 0.3) is 0 Å². The van der Waals surface area contributed by atoms with Crippen LogP contribution in [0.3, 0.4) is 0 Å². The fraction of sp³-hybridized carbons (Fsp3) is 0.409. The molecule has 0 spiro atoms. The van der Waals surface area contributed by atoms with E-state index in [0.717, 1.165) is 18.4 Å². The van der Waals surface area contributed by atoms with Crippen LogP contribution in [-0.4, -0.2) is 41.3 Å². The molecule has 0 radical (unpaired) electrons. The molecule has 0 saturated carbocycles. The van der Waals surface area contributed by atoms with Crippen molar-refractivity contribution in [3.63, 3.8) is 0 Å². The molecule has 1 aromatic carbocycles. The molecule has 2 heterocycles. The lowest BCUT2D eigenvalue weighted by Crippen LogP contribution is -2.48. The van der Waals surface area contributed by atoms with Crippen LogP contribution in [0.5, 0.6) is 0 Å². The third kappa shape index (κ3) is 4.55. The summed E-state index contributed by atoms with van der Waals surface area (Å²) in [5, 5.41) is 2.93. The van der Waals surface area contributed by atoms with Gasteiger partial charge in [-0.3, -0.25) is 14.6 Å². The molecule has 0 atom stereocenters. The van der Waals surface area contributed by atoms with E-state index < -0.39 is 5.41 Å². The SMILES string of the molecule is CC(C)(C(=O)N1CCC(CNC(=O)c2ccccn2)CC1)c1ccc(F)cc1. The summed E-state index contributed by atoms with van der Waals surface area (Å²) in [6, 6.07) is 11.4. The van der Waals surface area contributed by atoms with Crippen LogP contribution in [-0.2, 0) is 10.2 Å². The van der Waals surface area contributed by atoms with Gasteiger partial charge in [0.25, 0.3) is 5.91 Å². The maximum absolute atomic E-state index is 13.2. The molecule has 1 aliphatic rings. The summed E-state index contributed by atoms with van der Waals surface area (Å²) in [4.78, 5) is 31.1.